The second kappa shape index (κ2) is 5.13. The van der Waals surface area contributed by atoms with Gasteiger partial charge in [0.2, 0.25) is 0 Å². The van der Waals surface area contributed by atoms with Gasteiger partial charge >= 0.3 is 0 Å². The van der Waals surface area contributed by atoms with Crippen LogP contribution in [0.25, 0.3) is 0 Å². The molecule has 84 valence electrons. The minimum absolute atomic E-state index is 0.176. The third-order valence-electron chi connectivity index (χ3n) is 3.45. The van der Waals surface area contributed by atoms with E-state index < -0.39 is 0 Å². The molecule has 0 heterocycles. The van der Waals surface area contributed by atoms with Crippen molar-refractivity contribution in [3.8, 4) is 0 Å². The van der Waals surface area contributed by atoms with Crippen LogP contribution in [0.4, 0.5) is 0 Å². The molecule has 1 atom stereocenters. The molecule has 0 aromatic heterocycles. The first-order chi connectivity index (χ1) is 6.55. The van der Waals surface area contributed by atoms with Gasteiger partial charge in [-0.1, -0.05) is 19.3 Å². The van der Waals surface area contributed by atoms with E-state index >= 15 is 0 Å². The zero-order chi connectivity index (χ0) is 10.6. The van der Waals surface area contributed by atoms with Crippen molar-refractivity contribution in [2.45, 2.75) is 64.1 Å². The summed E-state index contributed by atoms with van der Waals surface area (Å²) in [6.45, 7) is 4.08. The standard InChI is InChI=1S/C12H24O2/c1-12(2,14-3)9-11(13)10-7-5-4-6-8-10/h10-11,13H,4-9H2,1-3H3. The molecule has 1 saturated carbocycles. The fourth-order valence-corrected chi connectivity index (χ4v) is 2.27. The second-order valence-electron chi connectivity index (χ2n) is 5.13. The summed E-state index contributed by atoms with van der Waals surface area (Å²) in [6, 6.07) is 0. The van der Waals surface area contributed by atoms with Gasteiger partial charge in [0.25, 0.3) is 0 Å². The highest BCUT2D eigenvalue weighted by Gasteiger charge is 2.28. The van der Waals surface area contributed by atoms with Crippen molar-refractivity contribution in [3.05, 3.63) is 0 Å². The molecular weight excluding hydrogens is 176 g/mol. The molecule has 0 spiro atoms. The summed E-state index contributed by atoms with van der Waals surface area (Å²) in [7, 11) is 1.72. The van der Waals surface area contributed by atoms with Crippen molar-refractivity contribution in [1.82, 2.24) is 0 Å². The summed E-state index contributed by atoms with van der Waals surface area (Å²) in [5, 5.41) is 10.1. The molecule has 0 saturated heterocycles. The SMILES string of the molecule is COC(C)(C)CC(O)C1CCCCC1. The van der Waals surface area contributed by atoms with E-state index in [9.17, 15) is 5.11 Å². The zero-order valence-electron chi connectivity index (χ0n) is 9.75. The Morgan fingerprint density at radius 3 is 2.36 bits per heavy atom. The minimum atomic E-state index is -0.184. The topological polar surface area (TPSA) is 29.5 Å². The second-order valence-corrected chi connectivity index (χ2v) is 5.13. The van der Waals surface area contributed by atoms with Gasteiger partial charge in [-0.2, -0.15) is 0 Å². The summed E-state index contributed by atoms with van der Waals surface area (Å²) >= 11 is 0. The maximum absolute atomic E-state index is 10.1. The molecule has 0 radical (unpaired) electrons. The molecule has 0 aliphatic heterocycles. The average molecular weight is 200 g/mol. The lowest BCUT2D eigenvalue weighted by Gasteiger charge is -2.32. The van der Waals surface area contributed by atoms with Crippen LogP contribution in [-0.2, 0) is 4.74 Å². The van der Waals surface area contributed by atoms with Gasteiger partial charge in [0.15, 0.2) is 0 Å². The van der Waals surface area contributed by atoms with Crippen molar-refractivity contribution in [2.24, 2.45) is 5.92 Å². The van der Waals surface area contributed by atoms with E-state index in [2.05, 4.69) is 0 Å². The number of hydrogen-bond donors (Lipinski definition) is 1. The van der Waals surface area contributed by atoms with Gasteiger partial charge in [-0.25, -0.2) is 0 Å². The van der Waals surface area contributed by atoms with Crippen LogP contribution in [0, 0.1) is 5.92 Å². The van der Waals surface area contributed by atoms with E-state index in [1.54, 1.807) is 7.11 Å². The fourth-order valence-electron chi connectivity index (χ4n) is 2.27. The van der Waals surface area contributed by atoms with Crippen LogP contribution in [0.1, 0.15) is 52.4 Å². The monoisotopic (exact) mass is 200 g/mol. The van der Waals surface area contributed by atoms with E-state index in [0.717, 1.165) is 6.42 Å². The summed E-state index contributed by atoms with van der Waals surface area (Å²) < 4.78 is 5.34. The Labute approximate surface area is 87.7 Å². The molecule has 0 aromatic rings. The molecule has 1 aliphatic rings. The highest BCUT2D eigenvalue weighted by Crippen LogP contribution is 2.30. The molecule has 14 heavy (non-hydrogen) atoms. The van der Waals surface area contributed by atoms with Crippen molar-refractivity contribution in [3.63, 3.8) is 0 Å². The molecule has 2 heteroatoms. The first-order valence-electron chi connectivity index (χ1n) is 5.78. The number of rotatable bonds is 4. The van der Waals surface area contributed by atoms with Crippen LogP contribution >= 0.6 is 0 Å². The molecule has 1 rings (SSSR count). The molecule has 0 bridgehead atoms. The Bertz CT molecular complexity index is 160. The lowest BCUT2D eigenvalue weighted by Crippen LogP contribution is -2.33. The third-order valence-corrected chi connectivity index (χ3v) is 3.45. The summed E-state index contributed by atoms with van der Waals surface area (Å²) in [6.07, 6.45) is 6.89. The van der Waals surface area contributed by atoms with Crippen LogP contribution in [0.5, 0.6) is 0 Å². The molecule has 0 amide bonds. The van der Waals surface area contributed by atoms with Gasteiger partial charge in [0.1, 0.15) is 0 Å². The molecule has 0 aromatic carbocycles. The van der Waals surface area contributed by atoms with E-state index in [1.807, 2.05) is 13.8 Å². The number of methoxy groups -OCH3 is 1. The van der Waals surface area contributed by atoms with Crippen molar-refractivity contribution >= 4 is 0 Å². The van der Waals surface area contributed by atoms with Gasteiger partial charge in [-0.3, -0.25) is 0 Å². The Balaban J connectivity index is 2.36. The molecule has 1 fully saturated rings. The quantitative estimate of drug-likeness (QED) is 0.756. The average Bonchev–Trinajstić information content (AvgIpc) is 2.19. The summed E-state index contributed by atoms with van der Waals surface area (Å²) in [5.74, 6) is 0.512. The molecular formula is C12H24O2. The third kappa shape index (κ3) is 3.58. The van der Waals surface area contributed by atoms with Crippen LogP contribution in [0.15, 0.2) is 0 Å². The van der Waals surface area contributed by atoms with Crippen molar-refractivity contribution < 1.29 is 9.84 Å². The smallest absolute Gasteiger partial charge is 0.0647 e. The normalized spacial score (nSPS) is 22.3. The lowest BCUT2D eigenvalue weighted by atomic mass is 9.81. The molecule has 1 unspecified atom stereocenters. The Morgan fingerprint density at radius 1 is 1.29 bits per heavy atom. The van der Waals surface area contributed by atoms with Gasteiger partial charge < -0.3 is 9.84 Å². The predicted octanol–water partition coefficient (Wildman–Crippen LogP) is 2.74. The van der Waals surface area contributed by atoms with Gasteiger partial charge in [0, 0.05) is 13.5 Å². The Hall–Kier alpha value is -0.0800. The lowest BCUT2D eigenvalue weighted by molar-refractivity contribution is -0.0389. The first-order valence-corrected chi connectivity index (χ1v) is 5.78. The van der Waals surface area contributed by atoms with Crippen molar-refractivity contribution in [2.75, 3.05) is 7.11 Å². The predicted molar refractivity (Wildman–Crippen MR) is 58.3 cm³/mol. The number of aliphatic hydroxyl groups is 1. The van der Waals surface area contributed by atoms with E-state index in [1.165, 1.54) is 32.1 Å². The maximum Gasteiger partial charge on any atom is 0.0647 e. The van der Waals surface area contributed by atoms with E-state index in [4.69, 9.17) is 4.74 Å². The maximum atomic E-state index is 10.1. The summed E-state index contributed by atoms with van der Waals surface area (Å²) in [4.78, 5) is 0. The molecule has 1 aliphatic carbocycles. The first kappa shape index (κ1) is 12.0. The number of aliphatic hydroxyl groups excluding tert-OH is 1. The number of hydrogen-bond acceptors (Lipinski definition) is 2. The van der Waals surface area contributed by atoms with Gasteiger partial charge in [0.05, 0.1) is 11.7 Å². The Kier molecular flexibility index (Phi) is 4.39. The van der Waals surface area contributed by atoms with Gasteiger partial charge in [-0.05, 0) is 32.6 Å². The highest BCUT2D eigenvalue weighted by molar-refractivity contribution is 4.80. The van der Waals surface area contributed by atoms with Gasteiger partial charge in [-0.15, -0.1) is 0 Å². The van der Waals surface area contributed by atoms with Crippen LogP contribution < -0.4 is 0 Å². The van der Waals surface area contributed by atoms with E-state index in [-0.39, 0.29) is 11.7 Å². The minimum Gasteiger partial charge on any atom is -0.393 e. The van der Waals surface area contributed by atoms with E-state index in [0.29, 0.717) is 5.92 Å². The van der Waals surface area contributed by atoms with Crippen LogP contribution in [-0.4, -0.2) is 23.9 Å². The fraction of sp³-hybridized carbons (Fsp3) is 1.00. The molecule has 2 nitrogen and oxygen atoms in total. The number of ether oxygens (including phenoxy) is 1. The largest absolute Gasteiger partial charge is 0.393 e. The summed E-state index contributed by atoms with van der Waals surface area (Å²) in [5.41, 5.74) is -0.184. The zero-order valence-corrected chi connectivity index (χ0v) is 9.75. The molecule has 1 N–H and O–H groups in total. The Morgan fingerprint density at radius 2 is 1.86 bits per heavy atom. The highest BCUT2D eigenvalue weighted by atomic mass is 16.5. The van der Waals surface area contributed by atoms with Crippen LogP contribution in [0.2, 0.25) is 0 Å². The van der Waals surface area contributed by atoms with Crippen LogP contribution in [0.3, 0.4) is 0 Å². The van der Waals surface area contributed by atoms with Crippen molar-refractivity contribution in [1.29, 1.82) is 0 Å².